The minimum atomic E-state index is -3.38. The summed E-state index contributed by atoms with van der Waals surface area (Å²) in [5, 5.41) is 0. The number of hydrogen-bond donors (Lipinski definition) is 0. The predicted molar refractivity (Wildman–Crippen MR) is 133 cm³/mol. The molecule has 2 aromatic carbocycles. The van der Waals surface area contributed by atoms with E-state index in [4.69, 9.17) is 9.47 Å². The molecule has 1 amide bonds. The molecule has 188 valence electrons. The Labute approximate surface area is 207 Å². The van der Waals surface area contributed by atoms with Crippen LogP contribution in [0.3, 0.4) is 0 Å². The molecule has 0 N–H and O–H groups in total. The van der Waals surface area contributed by atoms with E-state index in [-0.39, 0.29) is 24.4 Å². The van der Waals surface area contributed by atoms with Crippen LogP contribution < -0.4 is 9.47 Å². The van der Waals surface area contributed by atoms with Crippen molar-refractivity contribution < 1.29 is 22.7 Å². The van der Waals surface area contributed by atoms with Crippen LogP contribution in [-0.4, -0.2) is 74.5 Å². The molecule has 3 heterocycles. The molecule has 9 heteroatoms. The van der Waals surface area contributed by atoms with E-state index in [9.17, 15) is 13.2 Å². The number of nitrogens with zero attached hydrogens (tertiary/aromatic N) is 3. The van der Waals surface area contributed by atoms with E-state index in [0.29, 0.717) is 39.0 Å². The van der Waals surface area contributed by atoms with Gasteiger partial charge in [0, 0.05) is 51.7 Å². The van der Waals surface area contributed by atoms with Crippen LogP contribution in [0.4, 0.5) is 0 Å². The van der Waals surface area contributed by atoms with Crippen LogP contribution in [0.2, 0.25) is 0 Å². The summed E-state index contributed by atoms with van der Waals surface area (Å²) in [6, 6.07) is 13.6. The van der Waals surface area contributed by atoms with Gasteiger partial charge in [0.25, 0.3) is 0 Å². The van der Waals surface area contributed by atoms with E-state index in [0.717, 1.165) is 42.3 Å². The maximum Gasteiger partial charge on any atom is 0.231 e. The standard InChI is InChI=1S/C26H33N3O5S/c1-20-2-4-21(5-3-20)18-35(31,32)29-10-8-23(9-11-29)26(30)28-14-12-27(13-15-28)17-22-6-7-24-25(16-22)34-19-33-24/h2-7,16,23H,8-15,17-19H2,1H3. The smallest absolute Gasteiger partial charge is 0.231 e. The van der Waals surface area contributed by atoms with E-state index in [1.807, 2.05) is 48.2 Å². The molecular weight excluding hydrogens is 466 g/mol. The van der Waals surface area contributed by atoms with Crippen LogP contribution >= 0.6 is 0 Å². The monoisotopic (exact) mass is 499 g/mol. The number of aryl methyl sites for hydroxylation is 1. The third-order valence-electron chi connectivity index (χ3n) is 7.19. The molecule has 0 atom stereocenters. The second-order valence-electron chi connectivity index (χ2n) is 9.70. The summed E-state index contributed by atoms with van der Waals surface area (Å²) in [6.07, 6.45) is 1.17. The normalized spacial score (nSPS) is 19.7. The van der Waals surface area contributed by atoms with Crippen molar-refractivity contribution in [3.05, 3.63) is 59.2 Å². The molecule has 0 bridgehead atoms. The molecular formula is C26H33N3O5S. The zero-order valence-corrected chi connectivity index (χ0v) is 21.0. The number of amides is 1. The lowest BCUT2D eigenvalue weighted by Gasteiger charge is -2.38. The van der Waals surface area contributed by atoms with Crippen molar-refractivity contribution in [1.82, 2.24) is 14.1 Å². The Morgan fingerprint density at radius 1 is 0.886 bits per heavy atom. The minimum Gasteiger partial charge on any atom is -0.454 e. The number of ether oxygens (including phenoxy) is 2. The van der Waals surface area contributed by atoms with Crippen molar-refractivity contribution in [1.29, 1.82) is 0 Å². The molecule has 0 saturated carbocycles. The fourth-order valence-corrected chi connectivity index (χ4v) is 6.61. The van der Waals surface area contributed by atoms with E-state index in [2.05, 4.69) is 11.0 Å². The Morgan fingerprint density at radius 2 is 1.54 bits per heavy atom. The number of rotatable bonds is 6. The number of benzene rings is 2. The maximum atomic E-state index is 13.1. The molecule has 0 spiro atoms. The first-order valence-corrected chi connectivity index (χ1v) is 13.9. The number of piperidine rings is 1. The lowest BCUT2D eigenvalue weighted by atomic mass is 9.96. The number of sulfonamides is 1. The van der Waals surface area contributed by atoms with Crippen LogP contribution in [0.1, 0.15) is 29.5 Å². The number of fused-ring (bicyclic) bond motifs is 1. The lowest BCUT2D eigenvalue weighted by Crippen LogP contribution is -2.51. The second-order valence-corrected chi connectivity index (χ2v) is 11.7. The third kappa shape index (κ3) is 5.63. The summed E-state index contributed by atoms with van der Waals surface area (Å²) in [7, 11) is -3.38. The average Bonchev–Trinajstić information content (AvgIpc) is 3.33. The molecule has 0 aliphatic carbocycles. The third-order valence-corrected chi connectivity index (χ3v) is 9.04. The van der Waals surface area contributed by atoms with Gasteiger partial charge in [-0.05, 0) is 43.0 Å². The highest BCUT2D eigenvalue weighted by Gasteiger charge is 2.34. The first kappa shape index (κ1) is 24.1. The van der Waals surface area contributed by atoms with Crippen LogP contribution in [0.15, 0.2) is 42.5 Å². The molecule has 0 unspecified atom stereocenters. The van der Waals surface area contributed by atoms with Gasteiger partial charge in [-0.3, -0.25) is 9.69 Å². The van der Waals surface area contributed by atoms with Gasteiger partial charge in [0.1, 0.15) is 0 Å². The van der Waals surface area contributed by atoms with Crippen molar-refractivity contribution in [2.24, 2.45) is 5.92 Å². The van der Waals surface area contributed by atoms with Crippen LogP contribution in [-0.2, 0) is 27.1 Å². The van der Waals surface area contributed by atoms with Crippen molar-refractivity contribution in [2.45, 2.75) is 32.1 Å². The Balaban J connectivity index is 1.08. The zero-order chi connectivity index (χ0) is 24.4. The lowest BCUT2D eigenvalue weighted by molar-refractivity contribution is -0.138. The average molecular weight is 500 g/mol. The Hall–Kier alpha value is -2.62. The Kier molecular flexibility index (Phi) is 7.00. The van der Waals surface area contributed by atoms with E-state index in [1.165, 1.54) is 5.56 Å². The molecule has 0 radical (unpaired) electrons. The molecule has 0 aromatic heterocycles. The number of piperazine rings is 1. The summed E-state index contributed by atoms with van der Waals surface area (Å²) < 4.78 is 38.2. The van der Waals surface area contributed by atoms with Gasteiger partial charge < -0.3 is 14.4 Å². The van der Waals surface area contributed by atoms with Gasteiger partial charge in [0.15, 0.2) is 11.5 Å². The molecule has 35 heavy (non-hydrogen) atoms. The van der Waals surface area contributed by atoms with Gasteiger partial charge in [0.2, 0.25) is 22.7 Å². The number of carbonyl (C=O) groups excluding carboxylic acids is 1. The van der Waals surface area contributed by atoms with Crippen molar-refractivity contribution in [3.63, 3.8) is 0 Å². The first-order chi connectivity index (χ1) is 16.9. The van der Waals surface area contributed by atoms with Crippen LogP contribution in [0.25, 0.3) is 0 Å². The van der Waals surface area contributed by atoms with Crippen molar-refractivity contribution >= 4 is 15.9 Å². The SMILES string of the molecule is Cc1ccc(CS(=O)(=O)N2CCC(C(=O)N3CCN(Cc4ccc5c(c4)OCO5)CC3)CC2)cc1. The molecule has 5 rings (SSSR count). The molecule has 3 aliphatic rings. The fraction of sp³-hybridized carbons (Fsp3) is 0.500. The summed E-state index contributed by atoms with van der Waals surface area (Å²) >= 11 is 0. The highest BCUT2D eigenvalue weighted by Crippen LogP contribution is 2.33. The number of carbonyl (C=O) groups is 1. The van der Waals surface area contributed by atoms with E-state index in [1.54, 1.807) is 4.31 Å². The highest BCUT2D eigenvalue weighted by atomic mass is 32.2. The van der Waals surface area contributed by atoms with Gasteiger partial charge in [-0.15, -0.1) is 0 Å². The topological polar surface area (TPSA) is 79.4 Å². The van der Waals surface area contributed by atoms with Gasteiger partial charge in [-0.25, -0.2) is 12.7 Å². The second kappa shape index (κ2) is 10.2. The Morgan fingerprint density at radius 3 is 2.26 bits per heavy atom. The Bertz CT molecular complexity index is 1150. The molecule has 2 aromatic rings. The van der Waals surface area contributed by atoms with Crippen LogP contribution in [0, 0.1) is 12.8 Å². The first-order valence-electron chi connectivity index (χ1n) is 12.3. The minimum absolute atomic E-state index is 0.0111. The van der Waals surface area contributed by atoms with E-state index >= 15 is 0 Å². The van der Waals surface area contributed by atoms with Crippen molar-refractivity contribution in [2.75, 3.05) is 46.1 Å². The molecule has 3 aliphatic heterocycles. The largest absolute Gasteiger partial charge is 0.454 e. The highest BCUT2D eigenvalue weighted by molar-refractivity contribution is 7.88. The fourth-order valence-electron chi connectivity index (χ4n) is 5.05. The molecule has 2 fully saturated rings. The summed E-state index contributed by atoms with van der Waals surface area (Å²) in [5.41, 5.74) is 3.08. The summed E-state index contributed by atoms with van der Waals surface area (Å²) in [6.45, 7) is 6.95. The van der Waals surface area contributed by atoms with Gasteiger partial charge in [-0.1, -0.05) is 35.9 Å². The predicted octanol–water partition coefficient (Wildman–Crippen LogP) is 2.61. The van der Waals surface area contributed by atoms with E-state index < -0.39 is 10.0 Å². The zero-order valence-electron chi connectivity index (χ0n) is 20.2. The van der Waals surface area contributed by atoms with Gasteiger partial charge >= 0.3 is 0 Å². The summed E-state index contributed by atoms with van der Waals surface area (Å²) in [4.78, 5) is 17.4. The molecule has 8 nitrogen and oxygen atoms in total. The van der Waals surface area contributed by atoms with Crippen LogP contribution in [0.5, 0.6) is 11.5 Å². The summed E-state index contributed by atoms with van der Waals surface area (Å²) in [5.74, 6) is 1.67. The maximum absolute atomic E-state index is 13.1. The molecule has 2 saturated heterocycles. The van der Waals surface area contributed by atoms with Gasteiger partial charge in [0.05, 0.1) is 5.75 Å². The van der Waals surface area contributed by atoms with Gasteiger partial charge in [-0.2, -0.15) is 0 Å². The van der Waals surface area contributed by atoms with Crippen molar-refractivity contribution in [3.8, 4) is 11.5 Å². The quantitative estimate of drug-likeness (QED) is 0.608. The number of hydrogen-bond acceptors (Lipinski definition) is 6.